The zero-order chi connectivity index (χ0) is 21.9. The highest BCUT2D eigenvalue weighted by Crippen LogP contribution is 2.60. The lowest BCUT2D eigenvalue weighted by Crippen LogP contribution is -2.14. The quantitative estimate of drug-likeness (QED) is 0.348. The van der Waals surface area contributed by atoms with E-state index in [-0.39, 0.29) is 9.37 Å². The normalized spacial score (nSPS) is 13.2. The van der Waals surface area contributed by atoms with Gasteiger partial charge in [-0.1, -0.05) is 52.3 Å². The first-order valence-corrected chi connectivity index (χ1v) is 13.0. The number of thioether (sulfide) groups is 1. The van der Waals surface area contributed by atoms with E-state index in [0.717, 1.165) is 6.07 Å². The molecule has 0 aromatic heterocycles. The SMILES string of the molecule is NS(=O)(=O)c1cccc(/C=C/CSCc2ccc(C(F)(F)P(=O)(O)O)c(Br)c2)c1. The Kier molecular flexibility index (Phi) is 7.83. The van der Waals surface area contributed by atoms with Gasteiger partial charge in [-0.25, -0.2) is 13.6 Å². The molecule has 0 aliphatic rings. The largest absolute Gasteiger partial charge is 0.399 e. The van der Waals surface area contributed by atoms with Gasteiger partial charge in [0.2, 0.25) is 10.0 Å². The molecule has 4 N–H and O–H groups in total. The molecule has 0 saturated heterocycles. The van der Waals surface area contributed by atoms with Crippen LogP contribution in [0.25, 0.3) is 6.08 Å². The Morgan fingerprint density at radius 1 is 1.21 bits per heavy atom. The van der Waals surface area contributed by atoms with Gasteiger partial charge >= 0.3 is 13.3 Å². The minimum atomic E-state index is -5.63. The van der Waals surface area contributed by atoms with Gasteiger partial charge in [-0.15, -0.1) is 0 Å². The molecule has 2 rings (SSSR count). The molecule has 0 amide bonds. The molecular formula is C17H17BrF2NO5PS2. The van der Waals surface area contributed by atoms with E-state index in [4.69, 9.17) is 14.9 Å². The van der Waals surface area contributed by atoms with Crippen LogP contribution in [0.4, 0.5) is 8.78 Å². The molecule has 29 heavy (non-hydrogen) atoms. The monoisotopic (exact) mass is 527 g/mol. The summed E-state index contributed by atoms with van der Waals surface area (Å²) in [5.74, 6) is 1.04. The summed E-state index contributed by atoms with van der Waals surface area (Å²) in [7, 11) is -9.40. The maximum Gasteiger partial charge on any atom is 0.399 e. The number of rotatable bonds is 8. The number of halogens is 3. The van der Waals surface area contributed by atoms with Crippen LogP contribution < -0.4 is 5.14 Å². The first-order valence-electron chi connectivity index (χ1n) is 7.92. The lowest BCUT2D eigenvalue weighted by Gasteiger charge is -2.19. The second-order valence-electron chi connectivity index (χ2n) is 5.93. The number of hydrogen-bond acceptors (Lipinski definition) is 4. The van der Waals surface area contributed by atoms with Crippen molar-refractivity contribution in [2.24, 2.45) is 5.14 Å². The minimum Gasteiger partial charge on any atom is -0.320 e. The zero-order valence-corrected chi connectivity index (χ0v) is 18.8. The number of primary sulfonamides is 1. The lowest BCUT2D eigenvalue weighted by atomic mass is 10.1. The molecule has 0 fully saturated rings. The van der Waals surface area contributed by atoms with Crippen molar-refractivity contribution in [3.8, 4) is 0 Å². The molecule has 6 nitrogen and oxygen atoms in total. The Balaban J connectivity index is 1.97. The third-order valence-electron chi connectivity index (χ3n) is 3.70. The number of sulfonamides is 1. The fourth-order valence-corrected chi connectivity index (χ4v) is 4.94. The van der Waals surface area contributed by atoms with Crippen molar-refractivity contribution in [3.63, 3.8) is 0 Å². The molecule has 2 aromatic carbocycles. The molecule has 0 saturated carbocycles. The van der Waals surface area contributed by atoms with Crippen molar-refractivity contribution in [2.75, 3.05) is 5.75 Å². The van der Waals surface area contributed by atoms with Gasteiger partial charge in [-0.2, -0.15) is 20.5 Å². The summed E-state index contributed by atoms with van der Waals surface area (Å²) in [6.45, 7) is 0. The summed E-state index contributed by atoms with van der Waals surface area (Å²) in [6, 6.07) is 9.94. The Morgan fingerprint density at radius 3 is 2.48 bits per heavy atom. The average Bonchev–Trinajstić information content (AvgIpc) is 2.60. The number of alkyl halides is 2. The highest BCUT2D eigenvalue weighted by molar-refractivity contribution is 9.10. The van der Waals surface area contributed by atoms with Crippen molar-refractivity contribution < 1.29 is 31.6 Å². The fourth-order valence-electron chi connectivity index (χ4n) is 2.27. The maximum absolute atomic E-state index is 13.8. The first kappa shape index (κ1) is 24.2. The summed E-state index contributed by atoms with van der Waals surface area (Å²) < 4.78 is 61.2. The summed E-state index contributed by atoms with van der Waals surface area (Å²) in [5.41, 5.74) is -3.68. The third-order valence-corrected chi connectivity index (χ3v) is 7.21. The van der Waals surface area contributed by atoms with E-state index in [1.165, 1.54) is 36.0 Å². The summed E-state index contributed by atoms with van der Waals surface area (Å²) in [6.07, 6.45) is 3.56. The standard InChI is InChI=1S/C17H17BrF2NO5PS2/c18-16-10-13(6-7-15(16)17(19,20)27(22,23)24)11-28-8-2-4-12-3-1-5-14(9-12)29(21,25)26/h1-7,9-10H,8,11H2,(H2,21,25,26)(H2,22,23,24)/b4-2+. The van der Waals surface area contributed by atoms with Crippen LogP contribution in [0.1, 0.15) is 16.7 Å². The Hall–Kier alpha value is -1.07. The Bertz CT molecular complexity index is 1070. The molecule has 0 radical (unpaired) electrons. The van der Waals surface area contributed by atoms with Crippen LogP contribution in [0.5, 0.6) is 0 Å². The maximum atomic E-state index is 13.8. The van der Waals surface area contributed by atoms with Crippen LogP contribution in [-0.4, -0.2) is 24.0 Å². The first-order chi connectivity index (χ1) is 13.3. The molecular weight excluding hydrogens is 511 g/mol. The molecule has 0 aliphatic carbocycles. The molecule has 0 spiro atoms. The fraction of sp³-hybridized carbons (Fsp3) is 0.176. The average molecular weight is 528 g/mol. The van der Waals surface area contributed by atoms with Gasteiger partial charge in [-0.3, -0.25) is 4.57 Å². The van der Waals surface area contributed by atoms with E-state index in [2.05, 4.69) is 15.9 Å². The van der Waals surface area contributed by atoms with Gasteiger partial charge < -0.3 is 9.79 Å². The summed E-state index contributed by atoms with van der Waals surface area (Å²) in [5, 5.41) is 5.09. The smallest absolute Gasteiger partial charge is 0.320 e. The predicted octanol–water partition coefficient (Wildman–Crippen LogP) is 4.27. The van der Waals surface area contributed by atoms with Crippen molar-refractivity contribution in [3.05, 3.63) is 69.7 Å². The molecule has 0 bridgehead atoms. The second-order valence-corrected chi connectivity index (χ2v) is 11.0. The van der Waals surface area contributed by atoms with Crippen LogP contribution in [0, 0.1) is 0 Å². The minimum absolute atomic E-state index is 0.0179. The second kappa shape index (κ2) is 9.38. The highest BCUT2D eigenvalue weighted by Gasteiger charge is 2.51. The van der Waals surface area contributed by atoms with Gasteiger partial charge in [-0.05, 0) is 29.3 Å². The van der Waals surface area contributed by atoms with Crippen molar-refractivity contribution in [1.29, 1.82) is 0 Å². The summed E-state index contributed by atoms with van der Waals surface area (Å²) in [4.78, 5) is 17.7. The van der Waals surface area contributed by atoms with E-state index in [1.807, 2.05) is 6.08 Å². The Labute approximate surface area is 179 Å². The van der Waals surface area contributed by atoms with Crippen molar-refractivity contribution >= 4 is 51.4 Å². The predicted molar refractivity (Wildman–Crippen MR) is 113 cm³/mol. The molecule has 0 aliphatic heterocycles. The number of hydrogen-bond donors (Lipinski definition) is 3. The lowest BCUT2D eigenvalue weighted by molar-refractivity contribution is 0.0557. The van der Waals surface area contributed by atoms with Gasteiger partial charge in [0.15, 0.2) is 0 Å². The molecule has 0 unspecified atom stereocenters. The van der Waals surface area contributed by atoms with Crippen LogP contribution in [-0.2, 0) is 26.0 Å². The molecule has 0 heterocycles. The van der Waals surface area contributed by atoms with Crippen LogP contribution in [0.15, 0.2) is 57.9 Å². The van der Waals surface area contributed by atoms with Crippen LogP contribution >= 0.6 is 35.3 Å². The topological polar surface area (TPSA) is 118 Å². The van der Waals surface area contributed by atoms with E-state index in [0.29, 0.717) is 22.6 Å². The van der Waals surface area contributed by atoms with E-state index in [9.17, 15) is 21.8 Å². The van der Waals surface area contributed by atoms with Gasteiger partial charge in [0.05, 0.1) is 4.90 Å². The van der Waals surface area contributed by atoms with Gasteiger partial charge in [0.25, 0.3) is 0 Å². The van der Waals surface area contributed by atoms with Crippen LogP contribution in [0.3, 0.4) is 0 Å². The molecule has 12 heteroatoms. The third kappa shape index (κ3) is 6.45. The molecule has 0 atom stereocenters. The number of nitrogens with two attached hydrogens (primary N) is 1. The summed E-state index contributed by atoms with van der Waals surface area (Å²) >= 11 is 4.42. The highest BCUT2D eigenvalue weighted by atomic mass is 79.9. The van der Waals surface area contributed by atoms with E-state index < -0.39 is 28.8 Å². The van der Waals surface area contributed by atoms with Crippen molar-refractivity contribution in [2.45, 2.75) is 16.3 Å². The van der Waals surface area contributed by atoms with Gasteiger partial charge in [0.1, 0.15) is 0 Å². The van der Waals surface area contributed by atoms with E-state index >= 15 is 0 Å². The Morgan fingerprint density at radius 2 is 1.90 bits per heavy atom. The molecule has 2 aromatic rings. The van der Waals surface area contributed by atoms with E-state index in [1.54, 1.807) is 18.2 Å². The number of benzene rings is 2. The van der Waals surface area contributed by atoms with Crippen LogP contribution in [0.2, 0.25) is 0 Å². The van der Waals surface area contributed by atoms with Crippen molar-refractivity contribution in [1.82, 2.24) is 0 Å². The van der Waals surface area contributed by atoms with Gasteiger partial charge in [0, 0.05) is 21.5 Å². The molecule has 158 valence electrons. The zero-order valence-electron chi connectivity index (χ0n) is 14.7.